The quantitative estimate of drug-likeness (QED) is 0.622. The number of aryl methyl sites for hydroxylation is 1. The predicted molar refractivity (Wildman–Crippen MR) is 91.5 cm³/mol. The van der Waals surface area contributed by atoms with Gasteiger partial charge < -0.3 is 14.4 Å². The molecule has 0 N–H and O–H groups in total. The molecule has 1 spiro atoms. The average molecular weight is 341 g/mol. The Bertz CT molecular complexity index is 739. The molecule has 4 rings (SSSR count). The van der Waals surface area contributed by atoms with Crippen LogP contribution >= 0.6 is 0 Å². The van der Waals surface area contributed by atoms with Gasteiger partial charge in [0.1, 0.15) is 11.5 Å². The maximum Gasteiger partial charge on any atom is 0.313 e. The van der Waals surface area contributed by atoms with Crippen LogP contribution in [0.3, 0.4) is 0 Å². The molecular formula is C20H23NO4. The van der Waals surface area contributed by atoms with Crippen LogP contribution < -0.4 is 0 Å². The first-order chi connectivity index (χ1) is 11.9. The van der Waals surface area contributed by atoms with E-state index in [0.717, 1.165) is 5.56 Å². The van der Waals surface area contributed by atoms with Crippen molar-refractivity contribution >= 4 is 11.9 Å². The summed E-state index contributed by atoms with van der Waals surface area (Å²) >= 11 is 0. The highest BCUT2D eigenvalue weighted by atomic mass is 16.6. The first-order valence-electron chi connectivity index (χ1n) is 8.82. The van der Waals surface area contributed by atoms with Crippen molar-refractivity contribution in [2.24, 2.45) is 11.8 Å². The van der Waals surface area contributed by atoms with Crippen LogP contribution in [0.15, 0.2) is 36.4 Å². The van der Waals surface area contributed by atoms with Crippen molar-refractivity contribution in [3.8, 4) is 0 Å². The summed E-state index contributed by atoms with van der Waals surface area (Å²) < 4.78 is 11.5. The van der Waals surface area contributed by atoms with Crippen molar-refractivity contribution in [3.05, 3.63) is 47.5 Å². The highest BCUT2D eigenvalue weighted by Gasteiger charge is 2.67. The molecule has 0 saturated carbocycles. The molecular weight excluding hydrogens is 318 g/mol. The molecule has 2 bridgehead atoms. The highest BCUT2D eigenvalue weighted by Crippen LogP contribution is 2.52. The minimum Gasteiger partial charge on any atom is -0.463 e. The fraction of sp³-hybridized carbons (Fsp3) is 0.500. The van der Waals surface area contributed by atoms with E-state index in [2.05, 4.69) is 0 Å². The Morgan fingerprint density at radius 2 is 2.08 bits per heavy atom. The van der Waals surface area contributed by atoms with Crippen LogP contribution in [0.2, 0.25) is 0 Å². The minimum atomic E-state index is -0.673. The van der Waals surface area contributed by atoms with E-state index in [1.54, 1.807) is 4.90 Å². The van der Waals surface area contributed by atoms with Crippen LogP contribution in [0, 0.1) is 18.8 Å². The second kappa shape index (κ2) is 5.70. The molecule has 132 valence electrons. The Labute approximate surface area is 147 Å². The van der Waals surface area contributed by atoms with Crippen LogP contribution in [0.1, 0.15) is 25.0 Å². The summed E-state index contributed by atoms with van der Waals surface area (Å²) in [5.41, 5.74) is 1.59. The summed E-state index contributed by atoms with van der Waals surface area (Å²) in [6.07, 6.45) is 3.33. The van der Waals surface area contributed by atoms with Gasteiger partial charge in [-0.3, -0.25) is 9.59 Å². The van der Waals surface area contributed by atoms with Crippen molar-refractivity contribution in [2.75, 3.05) is 6.54 Å². The van der Waals surface area contributed by atoms with E-state index in [9.17, 15) is 9.59 Å². The summed E-state index contributed by atoms with van der Waals surface area (Å²) in [5.74, 6) is -1.36. The van der Waals surface area contributed by atoms with E-state index in [1.165, 1.54) is 5.56 Å². The summed E-state index contributed by atoms with van der Waals surface area (Å²) in [7, 11) is 0. The first-order valence-corrected chi connectivity index (χ1v) is 8.82. The van der Waals surface area contributed by atoms with E-state index in [1.807, 2.05) is 57.2 Å². The smallest absolute Gasteiger partial charge is 0.313 e. The molecule has 5 heteroatoms. The second-order valence-electron chi connectivity index (χ2n) is 7.57. The van der Waals surface area contributed by atoms with E-state index >= 15 is 0 Å². The number of amides is 1. The van der Waals surface area contributed by atoms with Crippen molar-refractivity contribution in [3.63, 3.8) is 0 Å². The molecule has 25 heavy (non-hydrogen) atoms. The number of carbonyl (C=O) groups is 2. The van der Waals surface area contributed by atoms with Gasteiger partial charge in [-0.1, -0.05) is 42.0 Å². The molecule has 0 aromatic heterocycles. The Hall–Kier alpha value is -2.14. The van der Waals surface area contributed by atoms with Crippen LogP contribution in [-0.4, -0.2) is 41.1 Å². The van der Waals surface area contributed by atoms with Gasteiger partial charge in [0.05, 0.1) is 24.7 Å². The van der Waals surface area contributed by atoms with Crippen LogP contribution in [0.5, 0.6) is 0 Å². The maximum absolute atomic E-state index is 13.0. The largest absolute Gasteiger partial charge is 0.463 e. The summed E-state index contributed by atoms with van der Waals surface area (Å²) in [5, 5.41) is 0. The zero-order valence-corrected chi connectivity index (χ0v) is 14.8. The lowest BCUT2D eigenvalue weighted by Gasteiger charge is -2.23. The molecule has 3 aliphatic rings. The van der Waals surface area contributed by atoms with Gasteiger partial charge in [0, 0.05) is 6.54 Å². The predicted octanol–water partition coefficient (Wildman–Crippen LogP) is 2.23. The van der Waals surface area contributed by atoms with Crippen molar-refractivity contribution in [1.82, 2.24) is 4.90 Å². The van der Waals surface area contributed by atoms with Gasteiger partial charge in [-0.2, -0.15) is 0 Å². The fourth-order valence-electron chi connectivity index (χ4n) is 4.21. The number of hydrogen-bond acceptors (Lipinski definition) is 4. The number of likely N-dealkylation sites (tertiary alicyclic amines) is 1. The van der Waals surface area contributed by atoms with E-state index in [-0.39, 0.29) is 24.1 Å². The van der Waals surface area contributed by atoms with E-state index < -0.39 is 17.4 Å². The molecule has 2 saturated heterocycles. The lowest BCUT2D eigenvalue weighted by Crippen LogP contribution is -2.40. The fourth-order valence-corrected chi connectivity index (χ4v) is 4.21. The molecule has 1 aromatic carbocycles. The molecule has 5 nitrogen and oxygen atoms in total. The van der Waals surface area contributed by atoms with Gasteiger partial charge >= 0.3 is 5.97 Å². The maximum atomic E-state index is 13.0. The Kier molecular flexibility index (Phi) is 3.72. The van der Waals surface area contributed by atoms with Gasteiger partial charge in [0.15, 0.2) is 0 Å². The molecule has 3 aliphatic heterocycles. The normalized spacial score (nSPS) is 32.6. The van der Waals surface area contributed by atoms with Gasteiger partial charge in [0.2, 0.25) is 5.91 Å². The Balaban J connectivity index is 1.57. The number of ether oxygens (including phenoxy) is 2. The highest BCUT2D eigenvalue weighted by molar-refractivity contribution is 5.91. The van der Waals surface area contributed by atoms with Crippen molar-refractivity contribution in [1.29, 1.82) is 0 Å². The first kappa shape index (κ1) is 16.3. The number of hydrogen-bond donors (Lipinski definition) is 0. The molecule has 4 atom stereocenters. The molecule has 2 fully saturated rings. The van der Waals surface area contributed by atoms with Gasteiger partial charge in [-0.05, 0) is 26.3 Å². The Morgan fingerprint density at radius 3 is 2.76 bits per heavy atom. The van der Waals surface area contributed by atoms with E-state index in [0.29, 0.717) is 13.1 Å². The molecule has 1 amide bonds. The lowest BCUT2D eigenvalue weighted by atomic mass is 9.77. The van der Waals surface area contributed by atoms with Gasteiger partial charge in [0.25, 0.3) is 0 Å². The zero-order chi connectivity index (χ0) is 17.8. The third-order valence-electron chi connectivity index (χ3n) is 5.30. The van der Waals surface area contributed by atoms with Crippen molar-refractivity contribution < 1.29 is 19.1 Å². The molecule has 0 aliphatic carbocycles. The molecule has 1 aromatic rings. The second-order valence-corrected chi connectivity index (χ2v) is 7.57. The van der Waals surface area contributed by atoms with Crippen LogP contribution in [0.25, 0.3) is 0 Å². The standard InChI is InChI=1S/C20H23NO4/c1-12(2)24-19(23)16-15-8-9-20(25-15)11-21(18(22)17(16)20)10-14-6-4-13(3)5-7-14/h4-9,12,15-17H,10-11H2,1-3H3. The number of rotatable bonds is 4. The van der Waals surface area contributed by atoms with Gasteiger partial charge in [-0.15, -0.1) is 0 Å². The Morgan fingerprint density at radius 1 is 1.36 bits per heavy atom. The third-order valence-corrected chi connectivity index (χ3v) is 5.30. The minimum absolute atomic E-state index is 0.0156. The number of carbonyl (C=O) groups excluding carboxylic acids is 2. The topological polar surface area (TPSA) is 55.8 Å². The lowest BCUT2D eigenvalue weighted by molar-refractivity contribution is -0.157. The monoisotopic (exact) mass is 341 g/mol. The number of esters is 1. The van der Waals surface area contributed by atoms with Crippen LogP contribution in [0.4, 0.5) is 0 Å². The molecule has 3 heterocycles. The van der Waals surface area contributed by atoms with Crippen molar-refractivity contribution in [2.45, 2.75) is 45.1 Å². The average Bonchev–Trinajstić information content (AvgIpc) is 3.18. The van der Waals surface area contributed by atoms with Gasteiger partial charge in [-0.25, -0.2) is 0 Å². The van der Waals surface area contributed by atoms with Crippen LogP contribution in [-0.2, 0) is 25.6 Å². The third kappa shape index (κ3) is 2.58. The summed E-state index contributed by atoms with van der Waals surface area (Å²) in [6.45, 7) is 6.69. The zero-order valence-electron chi connectivity index (χ0n) is 14.8. The summed E-state index contributed by atoms with van der Waals surface area (Å²) in [4.78, 5) is 27.4. The number of benzene rings is 1. The molecule has 4 unspecified atom stereocenters. The molecule has 0 radical (unpaired) electrons. The SMILES string of the molecule is Cc1ccc(CN2CC34C=CC(O3)C(C(=O)OC(C)C)C4C2=O)cc1. The summed E-state index contributed by atoms with van der Waals surface area (Å²) in [6, 6.07) is 8.15. The number of nitrogens with zero attached hydrogens (tertiary/aromatic N) is 1. The van der Waals surface area contributed by atoms with E-state index in [4.69, 9.17) is 9.47 Å². The number of fused-ring (bicyclic) bond motifs is 1.